The Hall–Kier alpha value is -5.69. The molecule has 9 aliphatic rings. The summed E-state index contributed by atoms with van der Waals surface area (Å²) in [5.74, 6) is 2.47. The molecule has 0 bridgehead atoms. The predicted molar refractivity (Wildman–Crippen MR) is 309 cm³/mol. The van der Waals surface area contributed by atoms with Crippen molar-refractivity contribution < 1.29 is 22.6 Å². The Morgan fingerprint density at radius 2 is 0.848 bits per heavy atom. The molecule has 3 unspecified atom stereocenters. The standard InChI is InChI=1S/C59H71N6O11P3/c1-40(2)38-64-55(68)60(31-17-37-77-50-27-14-8-21-44(50)41-18-5-11-24-47(41)74-77)53(66)61(56(64)69)32-30-59(3,4)39-65-57(70)62(33-35-72-78-51-28-15-9-22-45(51)42-19-6-12-25-48(42)75-78)54(67)63(58(65)71)34-36-73-79-52-29-16-10-23-46(52)43-20-7-13-26-49(43)76-79/h11-16,24-29,40H,5-10,17-23,30-39H2,1-4H3. The van der Waals surface area contributed by atoms with Crippen LogP contribution in [0.4, 0.5) is 0 Å². The zero-order valence-corrected chi connectivity index (χ0v) is 48.5. The highest BCUT2D eigenvalue weighted by Crippen LogP contribution is 2.61. The van der Waals surface area contributed by atoms with Crippen molar-refractivity contribution in [3.63, 3.8) is 0 Å². The third-order valence-electron chi connectivity index (χ3n) is 15.9. The minimum atomic E-state index is -1.57. The molecule has 20 heteroatoms. The van der Waals surface area contributed by atoms with Crippen molar-refractivity contribution in [2.24, 2.45) is 11.3 Å². The highest BCUT2D eigenvalue weighted by atomic mass is 31.2. The molecule has 0 amide bonds. The first kappa shape index (κ1) is 55.2. The van der Waals surface area contributed by atoms with Crippen molar-refractivity contribution in [3.05, 3.63) is 202 Å². The van der Waals surface area contributed by atoms with Gasteiger partial charge in [-0.3, -0.25) is 0 Å². The van der Waals surface area contributed by atoms with Gasteiger partial charge in [-0.25, -0.2) is 56.2 Å². The molecule has 79 heavy (non-hydrogen) atoms. The van der Waals surface area contributed by atoms with Gasteiger partial charge in [0.1, 0.15) is 25.4 Å². The summed E-state index contributed by atoms with van der Waals surface area (Å²) >= 11 is 0. The summed E-state index contributed by atoms with van der Waals surface area (Å²) < 4.78 is 39.0. The van der Waals surface area contributed by atoms with Gasteiger partial charge in [0.05, 0.1) is 26.3 Å². The maximum Gasteiger partial charge on any atom is 0.336 e. The third kappa shape index (κ3) is 11.4. The van der Waals surface area contributed by atoms with Gasteiger partial charge in [0.2, 0.25) is 0 Å². The number of hydrogen-bond acceptors (Lipinski definition) is 11. The Labute approximate surface area is 463 Å². The first-order valence-corrected chi connectivity index (χ1v) is 32.0. The highest BCUT2D eigenvalue weighted by molar-refractivity contribution is 7.57. The fourth-order valence-electron chi connectivity index (χ4n) is 11.8. The average Bonchev–Trinajstić information content (AvgIpc) is 3.56. The van der Waals surface area contributed by atoms with E-state index in [1.165, 1.54) is 43.3 Å². The van der Waals surface area contributed by atoms with Crippen molar-refractivity contribution >= 4 is 24.9 Å². The zero-order valence-electron chi connectivity index (χ0n) is 45.8. The van der Waals surface area contributed by atoms with E-state index in [9.17, 15) is 28.8 Å². The second-order valence-electron chi connectivity index (χ2n) is 22.5. The minimum Gasteiger partial charge on any atom is -0.469 e. The van der Waals surface area contributed by atoms with E-state index >= 15 is 0 Å². The van der Waals surface area contributed by atoms with Crippen molar-refractivity contribution in [2.75, 3.05) is 19.4 Å². The highest BCUT2D eigenvalue weighted by Gasteiger charge is 2.36. The fraction of sp³-hybridized carbons (Fsp3) is 0.492. The van der Waals surface area contributed by atoms with Gasteiger partial charge in [-0.2, -0.15) is 0 Å². The molecule has 2 aromatic heterocycles. The van der Waals surface area contributed by atoms with E-state index in [0.717, 1.165) is 128 Å². The number of aromatic nitrogens is 6. The molecule has 0 spiro atoms. The molecule has 0 saturated heterocycles. The molecule has 2 aromatic rings. The van der Waals surface area contributed by atoms with Crippen LogP contribution in [0.1, 0.15) is 118 Å². The zero-order chi connectivity index (χ0) is 55.0. The topological polar surface area (TPSA) is 178 Å². The maximum atomic E-state index is 14.7. The molecule has 0 aromatic carbocycles. The lowest BCUT2D eigenvalue weighted by atomic mass is 9.89. The Morgan fingerprint density at radius 1 is 0.468 bits per heavy atom. The smallest absolute Gasteiger partial charge is 0.336 e. The molecule has 6 aliphatic carbocycles. The third-order valence-corrected chi connectivity index (χ3v) is 21.1. The van der Waals surface area contributed by atoms with E-state index < -0.39 is 64.5 Å². The van der Waals surface area contributed by atoms with E-state index in [-0.39, 0.29) is 64.8 Å². The first-order valence-electron chi connectivity index (χ1n) is 28.2. The second kappa shape index (κ2) is 23.8. The van der Waals surface area contributed by atoms with E-state index in [0.29, 0.717) is 12.6 Å². The number of rotatable bonds is 19. The van der Waals surface area contributed by atoms with E-state index in [1.54, 1.807) is 0 Å². The lowest BCUT2D eigenvalue weighted by molar-refractivity contribution is 0.228. The quantitative estimate of drug-likeness (QED) is 0.122. The van der Waals surface area contributed by atoms with E-state index in [1.807, 2.05) is 39.8 Å². The van der Waals surface area contributed by atoms with Gasteiger partial charge >= 0.3 is 34.1 Å². The molecule has 17 nitrogen and oxygen atoms in total. The predicted octanol–water partition coefficient (Wildman–Crippen LogP) is 10.6. The molecule has 0 saturated carbocycles. The van der Waals surface area contributed by atoms with Gasteiger partial charge < -0.3 is 22.6 Å². The molecule has 5 heterocycles. The van der Waals surface area contributed by atoms with Gasteiger partial charge in [0, 0.05) is 48.3 Å². The Bertz CT molecular complexity index is 3470. The second-order valence-corrected chi connectivity index (χ2v) is 27.2. The summed E-state index contributed by atoms with van der Waals surface area (Å²) in [4.78, 5) is 86.6. The molecule has 0 N–H and O–H groups in total. The summed E-state index contributed by atoms with van der Waals surface area (Å²) in [5, 5.41) is 3.22. The summed E-state index contributed by atoms with van der Waals surface area (Å²) in [6, 6.07) is 0. The van der Waals surface area contributed by atoms with Gasteiger partial charge in [0.15, 0.2) is 0 Å². The fourth-order valence-corrected chi connectivity index (χ4v) is 17.1. The summed E-state index contributed by atoms with van der Waals surface area (Å²) in [7, 11) is -4.17. The van der Waals surface area contributed by atoms with Crippen LogP contribution in [0.5, 0.6) is 0 Å². The van der Waals surface area contributed by atoms with Crippen molar-refractivity contribution in [2.45, 2.75) is 157 Å². The molecular weight excluding hydrogens is 1060 g/mol. The number of nitrogens with zero attached hydrogens (tertiary/aromatic N) is 6. The number of hydrogen-bond donors (Lipinski definition) is 0. The monoisotopic (exact) mass is 1130 g/mol. The van der Waals surface area contributed by atoms with Crippen LogP contribution in [-0.4, -0.2) is 46.8 Å². The largest absolute Gasteiger partial charge is 0.469 e. The SMILES string of the molecule is CC(C)Cn1c(=O)n(CCCP2OC3=C(CCC=C3)C3=C2C=CCC3)c(=O)n(CCC(C)(C)Cn2c(=O)n(CCOP3OC4=C(CCC=C4)C4=C3C=CCC4)c(=O)n(CCOP3OC4=C(CCC=C4)C4=C3C=CCC4)c2=O)c1=O. The van der Waals surface area contributed by atoms with E-state index in [4.69, 9.17) is 22.6 Å². The van der Waals surface area contributed by atoms with Gasteiger partial charge in [-0.1, -0.05) is 82.4 Å². The van der Waals surface area contributed by atoms with Crippen LogP contribution >= 0.6 is 24.9 Å². The van der Waals surface area contributed by atoms with Crippen molar-refractivity contribution in [3.8, 4) is 0 Å². The Morgan fingerprint density at radius 3 is 1.33 bits per heavy atom. The van der Waals surface area contributed by atoms with Crippen LogP contribution in [0.2, 0.25) is 0 Å². The lowest BCUT2D eigenvalue weighted by Crippen LogP contribution is -2.56. The Kier molecular flexibility index (Phi) is 16.6. The van der Waals surface area contributed by atoms with Crippen LogP contribution in [0, 0.1) is 11.3 Å². The van der Waals surface area contributed by atoms with E-state index in [2.05, 4.69) is 60.8 Å². The number of fused-ring (bicyclic) bond motifs is 3. The van der Waals surface area contributed by atoms with Crippen LogP contribution in [0.15, 0.2) is 168 Å². The van der Waals surface area contributed by atoms with Gasteiger partial charge in [-0.05, 0) is 153 Å². The van der Waals surface area contributed by atoms with Gasteiger partial charge in [-0.15, -0.1) is 0 Å². The van der Waals surface area contributed by atoms with Crippen molar-refractivity contribution in [1.82, 2.24) is 27.4 Å². The summed E-state index contributed by atoms with van der Waals surface area (Å²) in [6.45, 7) is 7.03. The molecule has 0 radical (unpaired) electrons. The van der Waals surface area contributed by atoms with Crippen LogP contribution in [-0.2, 0) is 61.9 Å². The Balaban J connectivity index is 0.845. The molecule has 11 rings (SSSR count). The first-order chi connectivity index (χ1) is 38.3. The normalized spacial score (nSPS) is 22.2. The molecular formula is C59H71N6O11P3. The van der Waals surface area contributed by atoms with Crippen LogP contribution in [0.25, 0.3) is 0 Å². The minimum absolute atomic E-state index is 0.0500. The van der Waals surface area contributed by atoms with Crippen LogP contribution < -0.4 is 34.1 Å². The molecule has 418 valence electrons. The average molecular weight is 1130 g/mol. The summed E-state index contributed by atoms with van der Waals surface area (Å²) in [6.07, 6.45) is 37.5. The maximum absolute atomic E-state index is 14.7. The van der Waals surface area contributed by atoms with Crippen LogP contribution in [0.3, 0.4) is 0 Å². The molecule has 0 fully saturated rings. The summed E-state index contributed by atoms with van der Waals surface area (Å²) in [5.41, 5.74) is 2.16. The molecule has 3 atom stereocenters. The molecule has 3 aliphatic heterocycles. The lowest BCUT2D eigenvalue weighted by Gasteiger charge is -2.33. The van der Waals surface area contributed by atoms with Crippen molar-refractivity contribution in [1.29, 1.82) is 0 Å². The van der Waals surface area contributed by atoms with Gasteiger partial charge in [0.25, 0.3) is 16.8 Å². The number of allylic oxidation sites excluding steroid dienone is 21.